The first-order valence-electron chi connectivity index (χ1n) is 9.35. The summed E-state index contributed by atoms with van der Waals surface area (Å²) < 4.78 is 7.55. The lowest BCUT2D eigenvalue weighted by atomic mass is 10.1. The molecule has 9 heteroatoms. The zero-order valence-corrected chi connectivity index (χ0v) is 17.8. The van der Waals surface area contributed by atoms with Crippen molar-refractivity contribution in [2.75, 3.05) is 17.7 Å². The number of amides is 2. The Bertz CT molecular complexity index is 1140. The molecule has 3 aromatic rings. The number of carbonyl (C=O) groups excluding carboxylic acids is 2. The number of anilines is 2. The van der Waals surface area contributed by atoms with Crippen molar-refractivity contribution < 1.29 is 14.3 Å². The van der Waals surface area contributed by atoms with Crippen LogP contribution in [0.1, 0.15) is 18.9 Å². The van der Waals surface area contributed by atoms with Gasteiger partial charge in [0.25, 0.3) is 0 Å². The van der Waals surface area contributed by atoms with Gasteiger partial charge in [0.2, 0.25) is 11.8 Å². The lowest BCUT2D eigenvalue weighted by Crippen LogP contribution is -2.16. The van der Waals surface area contributed by atoms with E-state index in [0.717, 1.165) is 11.1 Å². The SMILES string of the molecule is COc1ccc(NC(C)=O)cc1NC(=O)CCn1c(-c2cccc(C)c2)n[nH]c1=S. The van der Waals surface area contributed by atoms with Crippen LogP contribution in [0.15, 0.2) is 42.5 Å². The van der Waals surface area contributed by atoms with Crippen LogP contribution in [0.25, 0.3) is 11.4 Å². The Labute approximate surface area is 179 Å². The van der Waals surface area contributed by atoms with Crippen molar-refractivity contribution in [1.82, 2.24) is 14.8 Å². The standard InChI is InChI=1S/C21H23N5O3S/c1-13-5-4-6-15(11-13)20-24-25-21(30)26(20)10-9-19(28)23-17-12-16(22-14(2)27)7-8-18(17)29-3/h4-8,11-12H,9-10H2,1-3H3,(H,22,27)(H,23,28)(H,25,30). The number of hydrogen-bond donors (Lipinski definition) is 3. The zero-order valence-electron chi connectivity index (χ0n) is 17.0. The van der Waals surface area contributed by atoms with Crippen molar-refractivity contribution in [3.63, 3.8) is 0 Å². The second kappa shape index (κ2) is 9.36. The summed E-state index contributed by atoms with van der Waals surface area (Å²) in [4.78, 5) is 23.9. The first-order chi connectivity index (χ1) is 14.4. The number of aryl methyl sites for hydroxylation is 1. The van der Waals surface area contributed by atoms with Gasteiger partial charge in [0.05, 0.1) is 12.8 Å². The molecular weight excluding hydrogens is 402 g/mol. The molecule has 0 saturated heterocycles. The molecule has 0 fully saturated rings. The fraction of sp³-hybridized carbons (Fsp3) is 0.238. The molecule has 0 saturated carbocycles. The highest BCUT2D eigenvalue weighted by Crippen LogP contribution is 2.28. The van der Waals surface area contributed by atoms with Gasteiger partial charge in [-0.25, -0.2) is 0 Å². The molecule has 3 rings (SSSR count). The topological polar surface area (TPSA) is 101 Å². The molecule has 2 aromatic carbocycles. The highest BCUT2D eigenvalue weighted by molar-refractivity contribution is 7.71. The summed E-state index contributed by atoms with van der Waals surface area (Å²) in [6.07, 6.45) is 0.181. The monoisotopic (exact) mass is 425 g/mol. The second-order valence-electron chi connectivity index (χ2n) is 6.77. The molecule has 0 aliphatic heterocycles. The number of H-pyrrole nitrogens is 1. The number of ether oxygens (including phenoxy) is 1. The summed E-state index contributed by atoms with van der Waals surface area (Å²) in [6.45, 7) is 3.78. The van der Waals surface area contributed by atoms with Gasteiger partial charge in [-0.05, 0) is 43.4 Å². The third-order valence-corrected chi connectivity index (χ3v) is 4.70. The Morgan fingerprint density at radius 2 is 2.00 bits per heavy atom. The zero-order chi connectivity index (χ0) is 21.7. The van der Waals surface area contributed by atoms with Gasteiger partial charge in [-0.3, -0.25) is 19.3 Å². The fourth-order valence-corrected chi connectivity index (χ4v) is 3.27. The molecule has 3 N–H and O–H groups in total. The van der Waals surface area contributed by atoms with Gasteiger partial charge in [0.15, 0.2) is 10.6 Å². The van der Waals surface area contributed by atoms with Crippen molar-refractivity contribution >= 4 is 35.4 Å². The first kappa shape index (κ1) is 21.3. The van der Waals surface area contributed by atoms with Crippen LogP contribution >= 0.6 is 12.2 Å². The van der Waals surface area contributed by atoms with E-state index in [9.17, 15) is 9.59 Å². The molecule has 0 spiro atoms. The first-order valence-corrected chi connectivity index (χ1v) is 9.76. The van der Waals surface area contributed by atoms with Crippen molar-refractivity contribution in [2.45, 2.75) is 26.8 Å². The molecule has 0 aliphatic rings. The normalized spacial score (nSPS) is 10.5. The van der Waals surface area contributed by atoms with E-state index in [4.69, 9.17) is 17.0 Å². The Kier molecular flexibility index (Phi) is 6.63. The lowest BCUT2D eigenvalue weighted by molar-refractivity contribution is -0.116. The molecule has 30 heavy (non-hydrogen) atoms. The molecule has 156 valence electrons. The Balaban J connectivity index is 1.74. The van der Waals surface area contributed by atoms with Crippen molar-refractivity contribution in [3.05, 3.63) is 52.8 Å². The third kappa shape index (κ3) is 5.12. The number of carbonyl (C=O) groups is 2. The summed E-state index contributed by atoms with van der Waals surface area (Å²) in [5.41, 5.74) is 3.07. The summed E-state index contributed by atoms with van der Waals surface area (Å²) in [5, 5.41) is 12.6. The summed E-state index contributed by atoms with van der Waals surface area (Å²) in [7, 11) is 1.52. The van der Waals surface area contributed by atoms with E-state index in [-0.39, 0.29) is 18.2 Å². The number of rotatable bonds is 7. The molecule has 2 amide bonds. The van der Waals surface area contributed by atoms with Crippen molar-refractivity contribution in [1.29, 1.82) is 0 Å². The third-order valence-electron chi connectivity index (χ3n) is 4.39. The van der Waals surface area contributed by atoms with E-state index in [1.54, 1.807) is 22.8 Å². The van der Waals surface area contributed by atoms with Gasteiger partial charge in [-0.1, -0.05) is 23.8 Å². The molecule has 8 nitrogen and oxygen atoms in total. The predicted molar refractivity (Wildman–Crippen MR) is 118 cm³/mol. The van der Waals surface area contributed by atoms with Crippen LogP contribution in [0.2, 0.25) is 0 Å². The van der Waals surface area contributed by atoms with Crippen LogP contribution in [-0.4, -0.2) is 33.7 Å². The minimum atomic E-state index is -0.216. The van der Waals surface area contributed by atoms with Gasteiger partial charge in [0, 0.05) is 31.1 Å². The highest BCUT2D eigenvalue weighted by Gasteiger charge is 2.13. The van der Waals surface area contributed by atoms with Gasteiger partial charge in [-0.15, -0.1) is 0 Å². The average Bonchev–Trinajstić information content (AvgIpc) is 3.06. The van der Waals surface area contributed by atoms with Crippen LogP contribution < -0.4 is 15.4 Å². The van der Waals surface area contributed by atoms with Gasteiger partial charge >= 0.3 is 0 Å². The Morgan fingerprint density at radius 3 is 2.70 bits per heavy atom. The average molecular weight is 426 g/mol. The number of aromatic nitrogens is 3. The second-order valence-corrected chi connectivity index (χ2v) is 7.15. The number of nitrogens with zero attached hydrogens (tertiary/aromatic N) is 2. The van der Waals surface area contributed by atoms with E-state index in [1.165, 1.54) is 14.0 Å². The molecule has 0 aliphatic carbocycles. The van der Waals surface area contributed by atoms with Gasteiger partial charge in [-0.2, -0.15) is 5.10 Å². The number of methoxy groups -OCH3 is 1. The minimum absolute atomic E-state index is 0.181. The van der Waals surface area contributed by atoms with Crippen molar-refractivity contribution in [3.8, 4) is 17.1 Å². The number of benzene rings is 2. The van der Waals surface area contributed by atoms with Crippen LogP contribution in [0.5, 0.6) is 5.75 Å². The maximum Gasteiger partial charge on any atom is 0.226 e. The van der Waals surface area contributed by atoms with Crippen LogP contribution in [0.3, 0.4) is 0 Å². The summed E-state index contributed by atoms with van der Waals surface area (Å²) in [5.74, 6) is 0.765. The summed E-state index contributed by atoms with van der Waals surface area (Å²) >= 11 is 5.34. The quantitative estimate of drug-likeness (QED) is 0.498. The minimum Gasteiger partial charge on any atom is -0.495 e. The Hall–Kier alpha value is -3.46. The smallest absolute Gasteiger partial charge is 0.226 e. The van der Waals surface area contributed by atoms with E-state index in [1.807, 2.05) is 31.2 Å². The maximum absolute atomic E-state index is 12.6. The van der Waals surface area contributed by atoms with Gasteiger partial charge < -0.3 is 15.4 Å². The molecular formula is C21H23N5O3S. The summed E-state index contributed by atoms with van der Waals surface area (Å²) in [6, 6.07) is 13.0. The number of hydrogen-bond acceptors (Lipinski definition) is 5. The van der Waals surface area contributed by atoms with Crippen molar-refractivity contribution in [2.24, 2.45) is 0 Å². The maximum atomic E-state index is 12.6. The van der Waals surface area contributed by atoms with E-state index in [0.29, 0.717) is 34.3 Å². The molecule has 0 atom stereocenters. The molecule has 0 radical (unpaired) electrons. The molecule has 0 unspecified atom stereocenters. The highest BCUT2D eigenvalue weighted by atomic mass is 32.1. The van der Waals surface area contributed by atoms with Crippen LogP contribution in [0.4, 0.5) is 11.4 Å². The lowest BCUT2D eigenvalue weighted by Gasteiger charge is -2.13. The fourth-order valence-electron chi connectivity index (χ4n) is 3.04. The number of aromatic amines is 1. The molecule has 0 bridgehead atoms. The van der Waals surface area contributed by atoms with E-state index in [2.05, 4.69) is 20.8 Å². The largest absolute Gasteiger partial charge is 0.495 e. The van der Waals surface area contributed by atoms with E-state index < -0.39 is 0 Å². The molecule has 1 heterocycles. The van der Waals surface area contributed by atoms with Crippen LogP contribution in [0, 0.1) is 11.7 Å². The molecule has 1 aromatic heterocycles. The Morgan fingerprint density at radius 1 is 1.20 bits per heavy atom. The predicted octanol–water partition coefficient (Wildman–Crippen LogP) is 3.91. The number of nitrogens with one attached hydrogen (secondary N) is 3. The van der Waals surface area contributed by atoms with E-state index >= 15 is 0 Å². The van der Waals surface area contributed by atoms with Gasteiger partial charge in [0.1, 0.15) is 5.75 Å². The van der Waals surface area contributed by atoms with Crippen LogP contribution in [-0.2, 0) is 16.1 Å².